The van der Waals surface area contributed by atoms with E-state index in [1.807, 2.05) is 24.3 Å². The van der Waals surface area contributed by atoms with Crippen LogP contribution in [0.4, 0.5) is 0 Å². The lowest BCUT2D eigenvalue weighted by Crippen LogP contribution is -2.05. The van der Waals surface area contributed by atoms with Gasteiger partial charge in [0.05, 0.1) is 5.69 Å². The van der Waals surface area contributed by atoms with Gasteiger partial charge in [-0.25, -0.2) is 5.10 Å². The number of nitrogens with one attached hydrogen (secondary N) is 1. The summed E-state index contributed by atoms with van der Waals surface area (Å²) in [6.45, 7) is 0. The van der Waals surface area contributed by atoms with E-state index in [1.54, 1.807) is 17.8 Å². The fourth-order valence-corrected chi connectivity index (χ4v) is 1.75. The van der Waals surface area contributed by atoms with Crippen LogP contribution in [0.2, 0.25) is 0 Å². The standard InChI is InChI=1S/C13H12N2OS/c1-17-12-7-3-10(4-8-12)2-5-11-6-9-13(16)15-14-11/h2-9H,1H3,(H,15,16)/b5-2+. The van der Waals surface area contributed by atoms with Gasteiger partial charge in [0.25, 0.3) is 5.56 Å². The average molecular weight is 244 g/mol. The second-order valence-corrected chi connectivity index (χ2v) is 4.33. The zero-order valence-electron chi connectivity index (χ0n) is 9.38. The van der Waals surface area contributed by atoms with E-state index < -0.39 is 0 Å². The molecule has 0 amide bonds. The molecular weight excluding hydrogens is 232 g/mol. The van der Waals surface area contributed by atoms with Crippen LogP contribution in [0.5, 0.6) is 0 Å². The molecule has 0 fully saturated rings. The van der Waals surface area contributed by atoms with Crippen molar-refractivity contribution >= 4 is 23.9 Å². The first-order valence-corrected chi connectivity index (χ1v) is 6.38. The molecule has 86 valence electrons. The number of thioether (sulfide) groups is 1. The molecule has 1 aromatic carbocycles. The topological polar surface area (TPSA) is 45.8 Å². The summed E-state index contributed by atoms with van der Waals surface area (Å²) >= 11 is 1.72. The van der Waals surface area contributed by atoms with E-state index in [1.165, 1.54) is 11.0 Å². The fourth-order valence-electron chi connectivity index (χ4n) is 1.34. The average Bonchev–Trinajstić information content (AvgIpc) is 2.39. The van der Waals surface area contributed by atoms with Gasteiger partial charge in [-0.3, -0.25) is 4.79 Å². The second kappa shape index (κ2) is 5.50. The largest absolute Gasteiger partial charge is 0.268 e. The maximum absolute atomic E-state index is 10.8. The summed E-state index contributed by atoms with van der Waals surface area (Å²) in [6, 6.07) is 11.4. The van der Waals surface area contributed by atoms with Crippen molar-refractivity contribution < 1.29 is 0 Å². The van der Waals surface area contributed by atoms with E-state index in [9.17, 15) is 4.79 Å². The number of H-pyrrole nitrogens is 1. The highest BCUT2D eigenvalue weighted by molar-refractivity contribution is 7.98. The lowest BCUT2D eigenvalue weighted by Gasteiger charge is -1.96. The van der Waals surface area contributed by atoms with E-state index in [0.29, 0.717) is 0 Å². The number of aromatic amines is 1. The lowest BCUT2D eigenvalue weighted by molar-refractivity contribution is 0.977. The third-order valence-corrected chi connectivity index (χ3v) is 3.01. The Balaban J connectivity index is 2.14. The van der Waals surface area contributed by atoms with Crippen LogP contribution in [-0.4, -0.2) is 16.5 Å². The van der Waals surface area contributed by atoms with Crippen molar-refractivity contribution in [1.82, 2.24) is 10.2 Å². The van der Waals surface area contributed by atoms with Crippen molar-refractivity contribution in [3.8, 4) is 0 Å². The Labute approximate surface area is 104 Å². The SMILES string of the molecule is CSc1ccc(/C=C/c2ccc(=O)[nH]n2)cc1. The molecular formula is C13H12N2OS. The molecule has 2 aromatic rings. The van der Waals surface area contributed by atoms with Crippen LogP contribution in [0.25, 0.3) is 12.2 Å². The molecule has 0 aliphatic carbocycles. The summed E-state index contributed by atoms with van der Waals surface area (Å²) in [6.07, 6.45) is 5.88. The fraction of sp³-hybridized carbons (Fsp3) is 0.0769. The van der Waals surface area contributed by atoms with Crippen LogP contribution >= 0.6 is 11.8 Å². The molecule has 0 aliphatic rings. The van der Waals surface area contributed by atoms with Crippen molar-refractivity contribution in [2.24, 2.45) is 0 Å². The molecule has 3 nitrogen and oxygen atoms in total. The van der Waals surface area contributed by atoms with Gasteiger partial charge >= 0.3 is 0 Å². The van der Waals surface area contributed by atoms with Gasteiger partial charge in [0, 0.05) is 11.0 Å². The smallest absolute Gasteiger partial charge is 0.264 e. The van der Waals surface area contributed by atoms with E-state index in [0.717, 1.165) is 11.3 Å². The highest BCUT2D eigenvalue weighted by atomic mass is 32.2. The highest BCUT2D eigenvalue weighted by Crippen LogP contribution is 2.15. The van der Waals surface area contributed by atoms with Crippen LogP contribution < -0.4 is 5.56 Å². The molecule has 4 heteroatoms. The molecule has 0 aliphatic heterocycles. The predicted molar refractivity (Wildman–Crippen MR) is 72.0 cm³/mol. The first-order valence-electron chi connectivity index (χ1n) is 5.16. The normalized spacial score (nSPS) is 10.9. The van der Waals surface area contributed by atoms with Gasteiger partial charge < -0.3 is 0 Å². The third kappa shape index (κ3) is 3.32. The Kier molecular flexibility index (Phi) is 3.77. The van der Waals surface area contributed by atoms with Gasteiger partial charge in [-0.1, -0.05) is 18.2 Å². The van der Waals surface area contributed by atoms with Crippen molar-refractivity contribution in [2.45, 2.75) is 4.90 Å². The van der Waals surface area contributed by atoms with Gasteiger partial charge in [-0.05, 0) is 36.1 Å². The molecule has 0 radical (unpaired) electrons. The van der Waals surface area contributed by atoms with Crippen LogP contribution in [-0.2, 0) is 0 Å². The Hall–Kier alpha value is -1.81. The molecule has 1 N–H and O–H groups in total. The van der Waals surface area contributed by atoms with E-state index in [4.69, 9.17) is 0 Å². The second-order valence-electron chi connectivity index (χ2n) is 3.45. The number of hydrogen-bond acceptors (Lipinski definition) is 3. The number of nitrogens with zero attached hydrogens (tertiary/aromatic N) is 1. The Morgan fingerprint density at radius 3 is 2.47 bits per heavy atom. The number of aromatic nitrogens is 2. The molecule has 1 heterocycles. The summed E-state index contributed by atoms with van der Waals surface area (Å²) in [7, 11) is 0. The molecule has 0 atom stereocenters. The third-order valence-electron chi connectivity index (χ3n) is 2.26. The van der Waals surface area contributed by atoms with Crippen molar-refractivity contribution in [2.75, 3.05) is 6.26 Å². The van der Waals surface area contributed by atoms with Crippen LogP contribution in [0.1, 0.15) is 11.3 Å². The molecule has 0 unspecified atom stereocenters. The molecule has 17 heavy (non-hydrogen) atoms. The van der Waals surface area contributed by atoms with Gasteiger partial charge in [-0.15, -0.1) is 11.8 Å². The molecule has 1 aromatic heterocycles. The quantitative estimate of drug-likeness (QED) is 0.844. The Morgan fingerprint density at radius 2 is 1.88 bits per heavy atom. The maximum atomic E-state index is 10.8. The van der Waals surface area contributed by atoms with Crippen molar-refractivity contribution in [1.29, 1.82) is 0 Å². The Morgan fingerprint density at radius 1 is 1.12 bits per heavy atom. The number of benzene rings is 1. The van der Waals surface area contributed by atoms with E-state index in [2.05, 4.69) is 28.6 Å². The summed E-state index contributed by atoms with van der Waals surface area (Å²) in [5.74, 6) is 0. The number of hydrogen-bond donors (Lipinski definition) is 1. The molecule has 0 saturated carbocycles. The lowest BCUT2D eigenvalue weighted by atomic mass is 10.2. The summed E-state index contributed by atoms with van der Waals surface area (Å²) < 4.78 is 0. The van der Waals surface area contributed by atoms with Gasteiger partial charge in [0.1, 0.15) is 0 Å². The molecule has 0 spiro atoms. The molecule has 0 bridgehead atoms. The monoisotopic (exact) mass is 244 g/mol. The molecule has 2 rings (SSSR count). The Bertz CT molecular complexity index is 552. The zero-order chi connectivity index (χ0) is 12.1. The number of rotatable bonds is 3. The van der Waals surface area contributed by atoms with E-state index >= 15 is 0 Å². The van der Waals surface area contributed by atoms with Crippen LogP contribution in [0, 0.1) is 0 Å². The maximum Gasteiger partial charge on any atom is 0.264 e. The van der Waals surface area contributed by atoms with Crippen LogP contribution in [0.3, 0.4) is 0 Å². The van der Waals surface area contributed by atoms with Crippen molar-refractivity contribution in [3.05, 3.63) is 58.0 Å². The highest BCUT2D eigenvalue weighted by Gasteiger charge is 1.91. The van der Waals surface area contributed by atoms with Gasteiger partial charge in [0.15, 0.2) is 0 Å². The van der Waals surface area contributed by atoms with E-state index in [-0.39, 0.29) is 5.56 Å². The minimum absolute atomic E-state index is 0.188. The summed E-state index contributed by atoms with van der Waals surface area (Å²) in [4.78, 5) is 12.1. The minimum atomic E-state index is -0.188. The zero-order valence-corrected chi connectivity index (χ0v) is 10.2. The van der Waals surface area contributed by atoms with Gasteiger partial charge in [0.2, 0.25) is 0 Å². The summed E-state index contributed by atoms with van der Waals surface area (Å²) in [5, 5.41) is 6.29. The molecule has 0 saturated heterocycles. The summed E-state index contributed by atoms with van der Waals surface area (Å²) in [5.41, 5.74) is 1.65. The first kappa shape index (κ1) is 11.7. The van der Waals surface area contributed by atoms with Gasteiger partial charge in [-0.2, -0.15) is 5.10 Å². The first-order chi connectivity index (χ1) is 8.28. The predicted octanol–water partition coefficient (Wildman–Crippen LogP) is 2.66. The van der Waals surface area contributed by atoms with Crippen molar-refractivity contribution in [3.63, 3.8) is 0 Å². The van der Waals surface area contributed by atoms with Crippen LogP contribution in [0.15, 0.2) is 46.1 Å². The minimum Gasteiger partial charge on any atom is -0.268 e.